The molecule has 0 saturated heterocycles. The number of nitrogens with one attached hydrogen (secondary N) is 1. The average molecular weight is 332 g/mol. The summed E-state index contributed by atoms with van der Waals surface area (Å²) in [4.78, 5) is 14.7. The molecule has 3 aromatic rings. The van der Waals surface area contributed by atoms with E-state index in [9.17, 15) is 15.0 Å². The van der Waals surface area contributed by atoms with Crippen molar-refractivity contribution in [3.05, 3.63) is 83.9 Å². The monoisotopic (exact) mass is 332 g/mol. The van der Waals surface area contributed by atoms with Gasteiger partial charge in [0.05, 0.1) is 5.56 Å². The van der Waals surface area contributed by atoms with Crippen LogP contribution in [0.25, 0.3) is 0 Å². The Labute approximate surface area is 144 Å². The van der Waals surface area contributed by atoms with E-state index in [1.807, 2.05) is 48.5 Å². The van der Waals surface area contributed by atoms with Crippen molar-refractivity contribution in [2.75, 3.05) is 10.2 Å². The maximum Gasteiger partial charge on any atom is 0.262 e. The molecule has 0 radical (unpaired) electrons. The fourth-order valence-corrected chi connectivity index (χ4v) is 3.10. The molecule has 1 amide bonds. The van der Waals surface area contributed by atoms with Crippen LogP contribution in [0.15, 0.2) is 72.8 Å². The van der Waals surface area contributed by atoms with Gasteiger partial charge in [0.15, 0.2) is 11.5 Å². The normalized spacial score (nSPS) is 16.2. The van der Waals surface area contributed by atoms with Gasteiger partial charge in [0, 0.05) is 16.9 Å². The summed E-state index contributed by atoms with van der Waals surface area (Å²) in [6.45, 7) is 0. The van der Waals surface area contributed by atoms with Crippen LogP contribution in [0.4, 0.5) is 11.4 Å². The molecule has 4 rings (SSSR count). The Kier molecular flexibility index (Phi) is 3.54. The van der Waals surface area contributed by atoms with Gasteiger partial charge in [0.1, 0.15) is 6.17 Å². The molecular weight excluding hydrogens is 316 g/mol. The second-order valence-electron chi connectivity index (χ2n) is 5.82. The summed E-state index contributed by atoms with van der Waals surface area (Å²) >= 11 is 0. The van der Waals surface area contributed by atoms with Crippen LogP contribution in [0.1, 0.15) is 22.1 Å². The number of benzene rings is 3. The topological polar surface area (TPSA) is 72.8 Å². The van der Waals surface area contributed by atoms with E-state index >= 15 is 0 Å². The van der Waals surface area contributed by atoms with Crippen molar-refractivity contribution in [2.45, 2.75) is 6.17 Å². The molecule has 1 aliphatic heterocycles. The summed E-state index contributed by atoms with van der Waals surface area (Å²) in [5.41, 5.74) is 2.36. The molecule has 0 fully saturated rings. The molecule has 124 valence electrons. The van der Waals surface area contributed by atoms with Crippen molar-refractivity contribution >= 4 is 17.3 Å². The molecule has 5 nitrogen and oxygen atoms in total. The first-order chi connectivity index (χ1) is 12.2. The Morgan fingerprint density at radius 1 is 0.840 bits per heavy atom. The number of fused-ring (bicyclic) bond motifs is 1. The van der Waals surface area contributed by atoms with E-state index in [4.69, 9.17) is 0 Å². The molecule has 0 aromatic heterocycles. The van der Waals surface area contributed by atoms with Gasteiger partial charge in [0.2, 0.25) is 0 Å². The lowest BCUT2D eigenvalue weighted by Gasteiger charge is -2.38. The van der Waals surface area contributed by atoms with Crippen molar-refractivity contribution in [1.82, 2.24) is 0 Å². The second kappa shape index (κ2) is 5.87. The Morgan fingerprint density at radius 3 is 2.36 bits per heavy atom. The third-order valence-electron chi connectivity index (χ3n) is 4.30. The summed E-state index contributed by atoms with van der Waals surface area (Å²) < 4.78 is 0. The summed E-state index contributed by atoms with van der Waals surface area (Å²) in [7, 11) is 0. The van der Waals surface area contributed by atoms with E-state index in [0.717, 1.165) is 0 Å². The maximum absolute atomic E-state index is 13.1. The van der Waals surface area contributed by atoms with Gasteiger partial charge in [-0.3, -0.25) is 9.69 Å². The van der Waals surface area contributed by atoms with E-state index < -0.39 is 6.17 Å². The summed E-state index contributed by atoms with van der Waals surface area (Å²) in [6.07, 6.45) is -0.642. The Bertz CT molecular complexity index is 941. The molecule has 0 bridgehead atoms. The highest BCUT2D eigenvalue weighted by molar-refractivity contribution is 6.12. The minimum Gasteiger partial charge on any atom is -0.504 e. The molecule has 3 N–H and O–H groups in total. The number of para-hydroxylation sites is 3. The standard InChI is InChI=1S/C20H16N2O3/c23-17-12-6-10-15(18(17)24)19-21-16-11-5-4-9-14(16)20(25)22(19)13-7-2-1-3-8-13/h1-12,19,21,23-24H/t19-/m1/s1. The van der Waals surface area contributed by atoms with Gasteiger partial charge < -0.3 is 15.5 Å². The first-order valence-corrected chi connectivity index (χ1v) is 7.92. The number of phenolic OH excluding ortho intramolecular Hbond substituents is 2. The van der Waals surface area contributed by atoms with E-state index in [2.05, 4.69) is 5.32 Å². The number of nitrogens with zero attached hydrogens (tertiary/aromatic N) is 1. The van der Waals surface area contributed by atoms with E-state index in [-0.39, 0.29) is 17.4 Å². The van der Waals surface area contributed by atoms with Crippen molar-refractivity contribution in [2.24, 2.45) is 0 Å². The number of carbonyl (C=O) groups is 1. The zero-order chi connectivity index (χ0) is 17.4. The largest absolute Gasteiger partial charge is 0.504 e. The van der Waals surface area contributed by atoms with Crippen molar-refractivity contribution in [3.8, 4) is 11.5 Å². The molecule has 5 heteroatoms. The number of carbonyl (C=O) groups excluding carboxylic acids is 1. The molecule has 3 aromatic carbocycles. The summed E-state index contributed by atoms with van der Waals surface area (Å²) in [6, 6.07) is 21.2. The molecule has 25 heavy (non-hydrogen) atoms. The van der Waals surface area contributed by atoms with Gasteiger partial charge in [-0.15, -0.1) is 0 Å². The van der Waals surface area contributed by atoms with Crippen LogP contribution in [0.3, 0.4) is 0 Å². The molecule has 0 aliphatic carbocycles. The number of aromatic hydroxyl groups is 2. The minimum absolute atomic E-state index is 0.173. The number of hydrogen-bond acceptors (Lipinski definition) is 4. The molecule has 0 spiro atoms. The lowest BCUT2D eigenvalue weighted by Crippen LogP contribution is -2.43. The molecule has 0 unspecified atom stereocenters. The van der Waals surface area contributed by atoms with Crippen LogP contribution in [0, 0.1) is 0 Å². The van der Waals surface area contributed by atoms with E-state index in [1.54, 1.807) is 23.1 Å². The van der Waals surface area contributed by atoms with Crippen molar-refractivity contribution in [1.29, 1.82) is 0 Å². The van der Waals surface area contributed by atoms with Gasteiger partial charge in [-0.05, 0) is 30.3 Å². The predicted octanol–water partition coefficient (Wildman–Crippen LogP) is 3.87. The van der Waals surface area contributed by atoms with Gasteiger partial charge in [-0.2, -0.15) is 0 Å². The molecule has 1 aliphatic rings. The fraction of sp³-hybridized carbons (Fsp3) is 0.0500. The fourth-order valence-electron chi connectivity index (χ4n) is 3.10. The zero-order valence-corrected chi connectivity index (χ0v) is 13.3. The zero-order valence-electron chi connectivity index (χ0n) is 13.3. The van der Waals surface area contributed by atoms with Crippen LogP contribution in [-0.4, -0.2) is 16.1 Å². The van der Waals surface area contributed by atoms with Gasteiger partial charge in [-0.25, -0.2) is 0 Å². The lowest BCUT2D eigenvalue weighted by molar-refractivity contribution is 0.0974. The maximum atomic E-state index is 13.1. The minimum atomic E-state index is -0.642. The highest BCUT2D eigenvalue weighted by Crippen LogP contribution is 2.41. The third kappa shape index (κ3) is 2.46. The Morgan fingerprint density at radius 2 is 1.56 bits per heavy atom. The SMILES string of the molecule is O=C1c2ccccc2N[C@@H](c2cccc(O)c2O)N1c1ccccc1. The summed E-state index contributed by atoms with van der Waals surface area (Å²) in [5.74, 6) is -0.639. The van der Waals surface area contributed by atoms with Crippen LogP contribution in [0.2, 0.25) is 0 Å². The van der Waals surface area contributed by atoms with Gasteiger partial charge >= 0.3 is 0 Å². The van der Waals surface area contributed by atoms with Crippen molar-refractivity contribution in [3.63, 3.8) is 0 Å². The first-order valence-electron chi connectivity index (χ1n) is 7.92. The quantitative estimate of drug-likeness (QED) is 0.623. The van der Waals surface area contributed by atoms with Gasteiger partial charge in [-0.1, -0.05) is 42.5 Å². The number of amides is 1. The lowest BCUT2D eigenvalue weighted by atomic mass is 10.0. The van der Waals surface area contributed by atoms with E-state index in [0.29, 0.717) is 22.5 Å². The third-order valence-corrected chi connectivity index (χ3v) is 4.30. The van der Waals surface area contributed by atoms with Crippen molar-refractivity contribution < 1.29 is 15.0 Å². The second-order valence-corrected chi connectivity index (χ2v) is 5.82. The molecule has 0 saturated carbocycles. The average Bonchev–Trinajstić information content (AvgIpc) is 2.65. The number of phenols is 2. The highest BCUT2D eigenvalue weighted by atomic mass is 16.3. The first kappa shape index (κ1) is 15.1. The molecule has 1 heterocycles. The predicted molar refractivity (Wildman–Crippen MR) is 95.8 cm³/mol. The van der Waals surface area contributed by atoms with Crippen LogP contribution >= 0.6 is 0 Å². The Balaban J connectivity index is 1.91. The van der Waals surface area contributed by atoms with Crippen LogP contribution in [0.5, 0.6) is 11.5 Å². The summed E-state index contributed by atoms with van der Waals surface area (Å²) in [5, 5.41) is 23.5. The van der Waals surface area contributed by atoms with E-state index in [1.165, 1.54) is 6.07 Å². The molecular formula is C20H16N2O3. The van der Waals surface area contributed by atoms with Crippen LogP contribution in [-0.2, 0) is 0 Å². The smallest absolute Gasteiger partial charge is 0.262 e. The number of anilines is 2. The number of rotatable bonds is 2. The van der Waals surface area contributed by atoms with Crippen LogP contribution < -0.4 is 10.2 Å². The highest BCUT2D eigenvalue weighted by Gasteiger charge is 2.35. The Hall–Kier alpha value is -3.47. The van der Waals surface area contributed by atoms with Gasteiger partial charge in [0.25, 0.3) is 5.91 Å². The molecule has 1 atom stereocenters. The number of hydrogen-bond donors (Lipinski definition) is 3.